The van der Waals surface area contributed by atoms with E-state index in [0.29, 0.717) is 22.8 Å². The molecule has 1 aromatic carbocycles. The highest BCUT2D eigenvalue weighted by Crippen LogP contribution is 2.34. The first-order valence-electron chi connectivity index (χ1n) is 9.16. The van der Waals surface area contributed by atoms with Crippen molar-refractivity contribution < 1.29 is 42.5 Å². The molecule has 10 nitrogen and oxygen atoms in total. The summed E-state index contributed by atoms with van der Waals surface area (Å²) in [5, 5.41) is -0.552. The molecule has 2 aromatic rings. The van der Waals surface area contributed by atoms with E-state index >= 15 is 0 Å². The Bertz CT molecular complexity index is 1090. The fourth-order valence-corrected chi connectivity index (χ4v) is 3.53. The molecule has 0 bridgehead atoms. The van der Waals surface area contributed by atoms with E-state index in [1.807, 2.05) is 0 Å². The zero-order valence-electron chi connectivity index (χ0n) is 17.4. The minimum atomic E-state index is -0.688. The highest BCUT2D eigenvalue weighted by Gasteiger charge is 2.36. The fourth-order valence-electron chi connectivity index (χ4n) is 2.69. The van der Waals surface area contributed by atoms with Crippen LogP contribution >= 0.6 is 11.8 Å². The van der Waals surface area contributed by atoms with Crippen LogP contribution in [0.2, 0.25) is 0 Å². The minimum absolute atomic E-state index is 0.0408. The number of hydrogen-bond donors (Lipinski definition) is 0. The van der Waals surface area contributed by atoms with E-state index in [4.69, 9.17) is 13.9 Å². The molecule has 2 heterocycles. The molecule has 11 heteroatoms. The van der Waals surface area contributed by atoms with Gasteiger partial charge in [-0.1, -0.05) is 6.07 Å². The third kappa shape index (κ3) is 5.11. The van der Waals surface area contributed by atoms with Gasteiger partial charge in [0.25, 0.3) is 11.1 Å². The van der Waals surface area contributed by atoms with Crippen molar-refractivity contribution in [3.05, 3.63) is 52.3 Å². The molecule has 0 saturated carbocycles. The number of ether oxygens (including phenoxy) is 4. The highest BCUT2D eigenvalue weighted by atomic mass is 32.2. The number of thioether (sulfide) groups is 1. The molecule has 0 aliphatic carbocycles. The molecule has 1 aromatic heterocycles. The fraction of sp³-hybridized carbons (Fsp3) is 0.238. The summed E-state index contributed by atoms with van der Waals surface area (Å²) >= 11 is 0.729. The smallest absolute Gasteiger partial charge is 0.373 e. The molecule has 1 fully saturated rings. The number of carbonyl (C=O) groups excluding carboxylic acids is 4. The quantitative estimate of drug-likeness (QED) is 0.428. The van der Waals surface area contributed by atoms with Crippen LogP contribution in [0.15, 0.2) is 39.7 Å². The van der Waals surface area contributed by atoms with Gasteiger partial charge in [0.2, 0.25) is 5.76 Å². The molecular formula is C21H19NO9S. The third-order valence-corrected chi connectivity index (χ3v) is 5.20. The van der Waals surface area contributed by atoms with Gasteiger partial charge in [0.1, 0.15) is 18.9 Å². The van der Waals surface area contributed by atoms with Gasteiger partial charge in [-0.25, -0.2) is 4.79 Å². The summed E-state index contributed by atoms with van der Waals surface area (Å²) in [6.45, 7) is -0.405. The zero-order chi connectivity index (χ0) is 23.3. The Kier molecular flexibility index (Phi) is 7.21. The second-order valence-corrected chi connectivity index (χ2v) is 7.29. The van der Waals surface area contributed by atoms with Crippen LogP contribution in [0, 0.1) is 0 Å². The number of carbonyl (C=O) groups is 4. The number of furan rings is 1. The molecule has 32 heavy (non-hydrogen) atoms. The standard InChI is InChI=1S/C21H19NO9S/c1-27-16-8-12(9-17-19(24)22(21(26)32-17)10-18(23)28-2)4-6-14(16)30-11-13-5-7-15(31-13)20(25)29-3/h4-9H,10-11H2,1-3H3. The molecule has 0 radical (unpaired) electrons. The van der Waals surface area contributed by atoms with Crippen LogP contribution in [0.4, 0.5) is 4.79 Å². The molecule has 1 aliphatic heterocycles. The first-order chi connectivity index (χ1) is 15.4. The molecule has 168 valence electrons. The molecule has 0 spiro atoms. The number of hydrogen-bond acceptors (Lipinski definition) is 10. The van der Waals surface area contributed by atoms with Crippen molar-refractivity contribution in [2.24, 2.45) is 0 Å². The van der Waals surface area contributed by atoms with E-state index in [1.54, 1.807) is 24.3 Å². The van der Waals surface area contributed by atoms with Crippen molar-refractivity contribution in [2.45, 2.75) is 6.61 Å². The van der Waals surface area contributed by atoms with Crippen molar-refractivity contribution in [3.63, 3.8) is 0 Å². The highest BCUT2D eigenvalue weighted by molar-refractivity contribution is 8.18. The number of methoxy groups -OCH3 is 3. The van der Waals surface area contributed by atoms with Crippen molar-refractivity contribution in [3.8, 4) is 11.5 Å². The maximum absolute atomic E-state index is 12.4. The Hall–Kier alpha value is -3.73. The van der Waals surface area contributed by atoms with Crippen LogP contribution in [0.5, 0.6) is 11.5 Å². The van der Waals surface area contributed by atoms with Crippen LogP contribution < -0.4 is 9.47 Å². The van der Waals surface area contributed by atoms with E-state index in [9.17, 15) is 19.2 Å². The Morgan fingerprint density at radius 2 is 1.84 bits per heavy atom. The van der Waals surface area contributed by atoms with Gasteiger partial charge in [-0.2, -0.15) is 0 Å². The SMILES string of the molecule is COC(=O)CN1C(=O)SC(=Cc2ccc(OCc3ccc(C(=O)OC)o3)c(OC)c2)C1=O. The van der Waals surface area contributed by atoms with Gasteiger partial charge >= 0.3 is 11.9 Å². The third-order valence-electron chi connectivity index (χ3n) is 4.29. The normalized spacial score (nSPS) is 14.6. The zero-order valence-corrected chi connectivity index (χ0v) is 18.2. The van der Waals surface area contributed by atoms with E-state index in [2.05, 4.69) is 9.47 Å². The number of esters is 2. The lowest BCUT2D eigenvalue weighted by Crippen LogP contribution is -2.34. The largest absolute Gasteiger partial charge is 0.493 e. The Labute approximate surface area is 187 Å². The van der Waals surface area contributed by atoms with Gasteiger partial charge in [0.05, 0.1) is 26.2 Å². The topological polar surface area (TPSA) is 122 Å². The van der Waals surface area contributed by atoms with Gasteiger partial charge in [0, 0.05) is 0 Å². The van der Waals surface area contributed by atoms with Crippen LogP contribution in [0.3, 0.4) is 0 Å². The van der Waals surface area contributed by atoms with Crippen LogP contribution in [-0.2, 0) is 25.7 Å². The van der Waals surface area contributed by atoms with E-state index in [-0.39, 0.29) is 17.3 Å². The molecule has 0 unspecified atom stereocenters. The minimum Gasteiger partial charge on any atom is -0.493 e. The molecule has 0 atom stereocenters. The second-order valence-electron chi connectivity index (χ2n) is 6.30. The number of imide groups is 1. The summed E-state index contributed by atoms with van der Waals surface area (Å²) in [5.74, 6) is -0.595. The summed E-state index contributed by atoms with van der Waals surface area (Å²) in [6.07, 6.45) is 1.52. The Balaban J connectivity index is 1.72. The Morgan fingerprint density at radius 1 is 1.06 bits per heavy atom. The lowest BCUT2D eigenvalue weighted by Gasteiger charge is -2.11. The second kappa shape index (κ2) is 10.1. The van der Waals surface area contributed by atoms with Gasteiger partial charge in [-0.05, 0) is 47.7 Å². The predicted octanol–water partition coefficient (Wildman–Crippen LogP) is 2.86. The summed E-state index contributed by atoms with van der Waals surface area (Å²) in [7, 11) is 3.89. The van der Waals surface area contributed by atoms with Crippen molar-refractivity contribution in [1.29, 1.82) is 0 Å². The number of rotatable bonds is 8. The average molecular weight is 461 g/mol. The Morgan fingerprint density at radius 3 is 2.53 bits per heavy atom. The van der Waals surface area contributed by atoms with Crippen molar-refractivity contribution in [2.75, 3.05) is 27.9 Å². The molecule has 0 N–H and O–H groups in total. The molecule has 1 aliphatic rings. The lowest BCUT2D eigenvalue weighted by molar-refractivity contribution is -0.143. The molecule has 1 saturated heterocycles. The van der Waals surface area contributed by atoms with Gasteiger partial charge in [-0.3, -0.25) is 19.3 Å². The van der Waals surface area contributed by atoms with Crippen LogP contribution in [0.1, 0.15) is 21.9 Å². The molecular weight excluding hydrogens is 442 g/mol. The van der Waals surface area contributed by atoms with Crippen LogP contribution in [0.25, 0.3) is 6.08 Å². The lowest BCUT2D eigenvalue weighted by atomic mass is 10.2. The maximum atomic E-state index is 12.4. The number of amides is 2. The van der Waals surface area contributed by atoms with E-state index in [0.717, 1.165) is 16.7 Å². The van der Waals surface area contributed by atoms with Crippen molar-refractivity contribution >= 4 is 40.9 Å². The summed E-state index contributed by atoms with van der Waals surface area (Å²) in [5.41, 5.74) is 0.587. The van der Waals surface area contributed by atoms with Crippen LogP contribution in [-0.4, -0.2) is 55.9 Å². The summed E-state index contributed by atoms with van der Waals surface area (Å²) < 4.78 is 25.5. The maximum Gasteiger partial charge on any atom is 0.373 e. The first kappa shape index (κ1) is 22.9. The predicted molar refractivity (Wildman–Crippen MR) is 112 cm³/mol. The monoisotopic (exact) mass is 461 g/mol. The van der Waals surface area contributed by atoms with E-state index < -0.39 is 29.6 Å². The molecule has 3 rings (SSSR count). The number of nitrogens with zero attached hydrogens (tertiary/aromatic N) is 1. The van der Waals surface area contributed by atoms with E-state index in [1.165, 1.54) is 33.5 Å². The van der Waals surface area contributed by atoms with Crippen molar-refractivity contribution in [1.82, 2.24) is 4.90 Å². The number of benzene rings is 1. The average Bonchev–Trinajstić information content (AvgIpc) is 3.37. The summed E-state index contributed by atoms with van der Waals surface area (Å²) in [6, 6.07) is 8.02. The molecule has 2 amide bonds. The first-order valence-corrected chi connectivity index (χ1v) is 9.98. The van der Waals surface area contributed by atoms with Gasteiger partial charge < -0.3 is 23.4 Å². The summed E-state index contributed by atoms with van der Waals surface area (Å²) in [4.78, 5) is 48.3. The van der Waals surface area contributed by atoms with Gasteiger partial charge in [0.15, 0.2) is 11.5 Å². The van der Waals surface area contributed by atoms with Gasteiger partial charge in [-0.15, -0.1) is 0 Å².